The molecule has 0 fully saturated rings. The van der Waals surface area contributed by atoms with Gasteiger partial charge in [0.15, 0.2) is 0 Å². The maximum Gasteiger partial charge on any atom is 0.240 e. The summed E-state index contributed by atoms with van der Waals surface area (Å²) >= 11 is 0. The number of nitrogens with one attached hydrogen (secondary N) is 1. The molecule has 0 saturated carbocycles. The molecule has 0 aliphatic heterocycles. The Morgan fingerprint density at radius 2 is 1.95 bits per heavy atom. The molecule has 2 aromatic rings. The Bertz CT molecular complexity index is 690. The lowest BCUT2D eigenvalue weighted by Gasteiger charge is -2.10. The van der Waals surface area contributed by atoms with Crippen molar-refractivity contribution in [3.63, 3.8) is 0 Å². The van der Waals surface area contributed by atoms with Crippen molar-refractivity contribution in [2.45, 2.75) is 38.3 Å². The molecule has 2 rings (SSSR count). The van der Waals surface area contributed by atoms with Gasteiger partial charge in [0.25, 0.3) is 0 Å². The highest BCUT2D eigenvalue weighted by Gasteiger charge is 2.14. The van der Waals surface area contributed by atoms with E-state index in [1.807, 2.05) is 13.8 Å². The third-order valence-electron chi connectivity index (χ3n) is 2.63. The second-order valence-corrected chi connectivity index (χ2v) is 6.66. The van der Waals surface area contributed by atoms with Gasteiger partial charge in [-0.25, -0.2) is 13.1 Å². The van der Waals surface area contributed by atoms with Crippen molar-refractivity contribution in [3.05, 3.63) is 41.8 Å². The van der Waals surface area contributed by atoms with Crippen LogP contribution in [0.2, 0.25) is 0 Å². The fourth-order valence-corrected chi connectivity index (χ4v) is 2.72. The minimum Gasteiger partial charge on any atom is -0.491 e. The molecule has 21 heavy (non-hydrogen) atoms. The first-order valence-electron chi connectivity index (χ1n) is 6.55. The van der Waals surface area contributed by atoms with Gasteiger partial charge in [-0.15, -0.1) is 0 Å². The van der Waals surface area contributed by atoms with Crippen LogP contribution in [0.1, 0.15) is 25.3 Å². The van der Waals surface area contributed by atoms with Crippen molar-refractivity contribution < 1.29 is 17.7 Å². The maximum atomic E-state index is 12.1. The van der Waals surface area contributed by atoms with Crippen molar-refractivity contribution in [3.8, 4) is 5.75 Å². The first kappa shape index (κ1) is 15.5. The number of hydrogen-bond donors (Lipinski definition) is 1. The van der Waals surface area contributed by atoms with E-state index < -0.39 is 10.0 Å². The summed E-state index contributed by atoms with van der Waals surface area (Å²) in [5.74, 6) is 1.27. The molecule has 1 aromatic heterocycles. The fraction of sp³-hybridized carbons (Fsp3) is 0.357. The summed E-state index contributed by atoms with van der Waals surface area (Å²) in [7, 11) is -3.58. The molecule has 0 radical (unpaired) electrons. The molecule has 1 aromatic carbocycles. The van der Waals surface area contributed by atoms with Crippen LogP contribution in [0, 0.1) is 6.92 Å². The zero-order valence-electron chi connectivity index (χ0n) is 12.2. The summed E-state index contributed by atoms with van der Waals surface area (Å²) in [6, 6.07) is 7.97. The number of aromatic nitrogens is 1. The van der Waals surface area contributed by atoms with E-state index in [0.29, 0.717) is 17.2 Å². The highest BCUT2D eigenvalue weighted by Crippen LogP contribution is 2.17. The van der Waals surface area contributed by atoms with Crippen LogP contribution in [0.5, 0.6) is 5.75 Å². The monoisotopic (exact) mass is 310 g/mol. The zero-order valence-corrected chi connectivity index (χ0v) is 13.0. The van der Waals surface area contributed by atoms with Gasteiger partial charge in [0, 0.05) is 6.07 Å². The number of hydrogen-bond acceptors (Lipinski definition) is 5. The van der Waals surface area contributed by atoms with Gasteiger partial charge in [0.2, 0.25) is 10.0 Å². The minimum atomic E-state index is -3.58. The van der Waals surface area contributed by atoms with Crippen molar-refractivity contribution in [1.29, 1.82) is 0 Å². The Morgan fingerprint density at radius 1 is 1.29 bits per heavy atom. The number of benzene rings is 1. The molecule has 1 heterocycles. The van der Waals surface area contributed by atoms with Gasteiger partial charge < -0.3 is 9.26 Å². The SMILES string of the molecule is Cc1cc(CNS(=O)(=O)c2ccc(OC(C)C)cc2)no1. The summed E-state index contributed by atoms with van der Waals surface area (Å²) in [4.78, 5) is 0.179. The summed E-state index contributed by atoms with van der Waals surface area (Å²) < 4.78 is 37.1. The molecule has 0 spiro atoms. The quantitative estimate of drug-likeness (QED) is 0.885. The second kappa shape index (κ2) is 6.28. The predicted octanol–water partition coefficient (Wildman–Crippen LogP) is 2.25. The van der Waals surface area contributed by atoms with Crippen LogP contribution in [-0.2, 0) is 16.6 Å². The predicted molar refractivity (Wildman–Crippen MR) is 77.5 cm³/mol. The van der Waals surface area contributed by atoms with E-state index in [4.69, 9.17) is 9.26 Å². The Kier molecular flexibility index (Phi) is 4.64. The van der Waals surface area contributed by atoms with Crippen LogP contribution in [0.15, 0.2) is 39.8 Å². The van der Waals surface area contributed by atoms with Crippen molar-refractivity contribution >= 4 is 10.0 Å². The van der Waals surface area contributed by atoms with E-state index >= 15 is 0 Å². The largest absolute Gasteiger partial charge is 0.491 e. The summed E-state index contributed by atoms with van der Waals surface area (Å²) in [5, 5.41) is 3.74. The lowest BCUT2D eigenvalue weighted by Crippen LogP contribution is -2.23. The standard InChI is InChI=1S/C14H18N2O4S/c1-10(2)19-13-4-6-14(7-5-13)21(17,18)15-9-12-8-11(3)20-16-12/h4-8,10,15H,9H2,1-3H3. The van der Waals surface area contributed by atoms with Gasteiger partial charge in [-0.05, 0) is 45.0 Å². The molecule has 0 aliphatic carbocycles. The number of rotatable bonds is 6. The molecule has 7 heteroatoms. The molecule has 0 saturated heterocycles. The van der Waals surface area contributed by atoms with Gasteiger partial charge in [0.1, 0.15) is 11.5 Å². The van der Waals surface area contributed by atoms with Crippen molar-refractivity contribution in [2.75, 3.05) is 0 Å². The first-order chi connectivity index (χ1) is 9.87. The van der Waals surface area contributed by atoms with Crippen LogP contribution in [0.4, 0.5) is 0 Å². The average molecular weight is 310 g/mol. The average Bonchev–Trinajstić information content (AvgIpc) is 2.82. The van der Waals surface area contributed by atoms with E-state index in [-0.39, 0.29) is 17.5 Å². The molecule has 0 unspecified atom stereocenters. The molecule has 0 atom stereocenters. The summed E-state index contributed by atoms with van der Waals surface area (Å²) in [5.41, 5.74) is 0.538. The summed E-state index contributed by atoms with van der Waals surface area (Å²) in [6.45, 7) is 5.65. The molecule has 0 amide bonds. The van der Waals surface area contributed by atoms with Gasteiger partial charge >= 0.3 is 0 Å². The van der Waals surface area contributed by atoms with Crippen LogP contribution in [-0.4, -0.2) is 19.7 Å². The van der Waals surface area contributed by atoms with Crippen LogP contribution in [0.25, 0.3) is 0 Å². The van der Waals surface area contributed by atoms with Crippen molar-refractivity contribution in [1.82, 2.24) is 9.88 Å². The van der Waals surface area contributed by atoms with Gasteiger partial charge in [0.05, 0.1) is 23.2 Å². The molecular formula is C14H18N2O4S. The van der Waals surface area contributed by atoms with Gasteiger partial charge in [-0.3, -0.25) is 0 Å². The molecule has 6 nitrogen and oxygen atoms in total. The van der Waals surface area contributed by atoms with E-state index in [1.165, 1.54) is 12.1 Å². The maximum absolute atomic E-state index is 12.1. The Labute approximate surface area is 124 Å². The number of ether oxygens (including phenoxy) is 1. The molecule has 1 N–H and O–H groups in total. The normalized spacial score (nSPS) is 11.8. The molecule has 0 bridgehead atoms. The lowest BCUT2D eigenvalue weighted by atomic mass is 10.3. The number of sulfonamides is 1. The van der Waals surface area contributed by atoms with Crippen LogP contribution < -0.4 is 9.46 Å². The smallest absolute Gasteiger partial charge is 0.240 e. The molecular weight excluding hydrogens is 292 g/mol. The highest BCUT2D eigenvalue weighted by molar-refractivity contribution is 7.89. The summed E-state index contributed by atoms with van der Waals surface area (Å²) in [6.07, 6.45) is 0.0426. The second-order valence-electron chi connectivity index (χ2n) is 4.89. The van der Waals surface area contributed by atoms with E-state index in [0.717, 1.165) is 0 Å². The third kappa shape index (κ3) is 4.30. The molecule has 0 aliphatic rings. The topological polar surface area (TPSA) is 81.4 Å². The first-order valence-corrected chi connectivity index (χ1v) is 8.04. The minimum absolute atomic E-state index is 0.0426. The number of aryl methyl sites for hydroxylation is 1. The fourth-order valence-electron chi connectivity index (χ4n) is 1.72. The van der Waals surface area contributed by atoms with Crippen LogP contribution in [0.3, 0.4) is 0 Å². The highest BCUT2D eigenvalue weighted by atomic mass is 32.2. The van der Waals surface area contributed by atoms with Gasteiger partial charge in [-0.2, -0.15) is 0 Å². The Balaban J connectivity index is 2.05. The lowest BCUT2D eigenvalue weighted by molar-refractivity contribution is 0.242. The van der Waals surface area contributed by atoms with Crippen molar-refractivity contribution in [2.24, 2.45) is 0 Å². The number of nitrogens with zero attached hydrogens (tertiary/aromatic N) is 1. The van der Waals surface area contributed by atoms with Gasteiger partial charge in [-0.1, -0.05) is 5.16 Å². The molecule has 114 valence electrons. The van der Waals surface area contributed by atoms with E-state index in [2.05, 4.69) is 9.88 Å². The zero-order chi connectivity index (χ0) is 15.5. The third-order valence-corrected chi connectivity index (χ3v) is 4.04. The van der Waals surface area contributed by atoms with E-state index in [9.17, 15) is 8.42 Å². The Hall–Kier alpha value is -1.86. The van der Waals surface area contributed by atoms with E-state index in [1.54, 1.807) is 25.1 Å². The Morgan fingerprint density at radius 3 is 2.48 bits per heavy atom. The van der Waals surface area contributed by atoms with Crippen LogP contribution >= 0.6 is 0 Å².